The molecule has 2 N–H and O–H groups in total. The third-order valence-corrected chi connectivity index (χ3v) is 15.6. The Hall–Kier alpha value is -3.97. The van der Waals surface area contributed by atoms with E-state index in [0.717, 1.165) is 125 Å². The Bertz CT molecular complexity index is 2390. The summed E-state index contributed by atoms with van der Waals surface area (Å²) in [7, 11) is -6.26. The highest BCUT2D eigenvalue weighted by Crippen LogP contribution is 2.26. The molecule has 7 rings (SSSR count). The van der Waals surface area contributed by atoms with Gasteiger partial charge in [-0.2, -0.15) is 8.61 Å². The molecular weight excluding hydrogens is 1080 g/mol. The van der Waals surface area contributed by atoms with E-state index in [-0.39, 0.29) is 29.6 Å². The molecule has 5 aliphatic rings. The van der Waals surface area contributed by atoms with Crippen LogP contribution in [0.3, 0.4) is 0 Å². The van der Waals surface area contributed by atoms with Gasteiger partial charge in [-0.05, 0) is 141 Å². The van der Waals surface area contributed by atoms with Gasteiger partial charge >= 0.3 is 18.3 Å². The van der Waals surface area contributed by atoms with Crippen molar-refractivity contribution in [3.8, 4) is 11.5 Å². The molecule has 0 aromatic heterocycles. The third-order valence-electron chi connectivity index (χ3n) is 12.6. The smallest absolute Gasteiger partial charge is 0.410 e. The van der Waals surface area contributed by atoms with Crippen molar-refractivity contribution in [1.82, 2.24) is 38.4 Å². The molecule has 2 aromatic rings. The standard InChI is InChI=1S/C22H35N3O5S.C12H23BrN2O2.C10H13NO3S.C9H18N2O2/c1-22(2,3)30-21(26)24-13-11-23(12-14-24)9-5-15-29-20-7-6-19-17-25(31(4,27)28)10-8-18(19)16-20;1-12(2,3)17-11(16)15-9-7-14(8-10-15)6-4-5-13;1-15(13,14)11-5-4-8-6-10(12)3-2-9(8)7-11;1-9(2,3)13-8(12)11-6-4-10-5-7-11/h6-7,16H,5,8-15,17H2,1-4H3;4-10H2,1-3H3;2-3,6,12H,4-5,7H2,1H3;10H,4-7H2,1-3H3. The molecule has 0 unspecified atom stereocenters. The van der Waals surface area contributed by atoms with Gasteiger partial charge in [-0.3, -0.25) is 9.80 Å². The van der Waals surface area contributed by atoms with Crippen LogP contribution in [0.4, 0.5) is 14.4 Å². The number of phenols is 1. The van der Waals surface area contributed by atoms with Crippen molar-refractivity contribution in [3.63, 3.8) is 0 Å². The molecule has 23 heteroatoms. The molecule has 0 atom stereocenters. The van der Waals surface area contributed by atoms with Crippen LogP contribution in [0.2, 0.25) is 0 Å². The fourth-order valence-electron chi connectivity index (χ4n) is 8.57. The highest BCUT2D eigenvalue weighted by molar-refractivity contribution is 9.09. The molecule has 3 saturated heterocycles. The molecular formula is C53H89BrN8O12S2. The molecule has 3 fully saturated rings. The summed E-state index contributed by atoms with van der Waals surface area (Å²) in [6.45, 7) is 31.2. The molecule has 0 aliphatic carbocycles. The lowest BCUT2D eigenvalue weighted by molar-refractivity contribution is 0.0134. The normalized spacial score (nSPS) is 18.2. The summed E-state index contributed by atoms with van der Waals surface area (Å²) in [4.78, 5) is 45.5. The largest absolute Gasteiger partial charge is 0.508 e. The number of benzene rings is 2. The van der Waals surface area contributed by atoms with E-state index in [4.69, 9.17) is 18.9 Å². The monoisotopic (exact) mass is 1170 g/mol. The minimum Gasteiger partial charge on any atom is -0.508 e. The van der Waals surface area contributed by atoms with Crippen LogP contribution in [-0.2, 0) is 60.2 Å². The van der Waals surface area contributed by atoms with E-state index in [9.17, 15) is 36.3 Å². The second-order valence-electron chi connectivity index (χ2n) is 22.7. The van der Waals surface area contributed by atoms with Gasteiger partial charge in [-0.15, -0.1) is 0 Å². The number of ether oxygens (including phenoxy) is 4. The summed E-state index contributed by atoms with van der Waals surface area (Å²) >= 11 is 3.43. The Balaban J connectivity index is 0.000000235. The van der Waals surface area contributed by atoms with Gasteiger partial charge in [-0.1, -0.05) is 28.1 Å². The fraction of sp³-hybridized carbons (Fsp3) is 0.717. The minimum atomic E-state index is -3.15. The van der Waals surface area contributed by atoms with Crippen molar-refractivity contribution >= 4 is 54.3 Å². The van der Waals surface area contributed by atoms with Gasteiger partial charge in [0.15, 0.2) is 0 Å². The first-order valence-electron chi connectivity index (χ1n) is 26.5. The number of sulfonamides is 2. The number of fused-ring (bicyclic) bond motifs is 2. The number of amides is 3. The number of nitrogens with one attached hydrogen (secondary N) is 1. The molecule has 0 radical (unpaired) electrons. The van der Waals surface area contributed by atoms with Gasteiger partial charge < -0.3 is 44.1 Å². The van der Waals surface area contributed by atoms with E-state index in [0.29, 0.717) is 58.7 Å². The Morgan fingerprint density at radius 3 is 1.36 bits per heavy atom. The van der Waals surface area contributed by atoms with Gasteiger partial charge in [0.25, 0.3) is 0 Å². The van der Waals surface area contributed by atoms with E-state index < -0.39 is 31.2 Å². The summed E-state index contributed by atoms with van der Waals surface area (Å²) in [6, 6.07) is 11.0. The third kappa shape index (κ3) is 24.0. The van der Waals surface area contributed by atoms with Gasteiger partial charge in [0.05, 0.1) is 19.1 Å². The highest BCUT2D eigenvalue weighted by Gasteiger charge is 2.29. The van der Waals surface area contributed by atoms with Gasteiger partial charge in [0, 0.05) is 117 Å². The maximum absolute atomic E-state index is 12.1. The van der Waals surface area contributed by atoms with Crippen LogP contribution in [0.25, 0.3) is 0 Å². The summed E-state index contributed by atoms with van der Waals surface area (Å²) in [5, 5.41) is 13.5. The van der Waals surface area contributed by atoms with Crippen LogP contribution in [0.5, 0.6) is 11.5 Å². The summed E-state index contributed by atoms with van der Waals surface area (Å²) in [5.41, 5.74) is 2.98. The molecule has 3 amide bonds. The number of aromatic hydroxyl groups is 1. The van der Waals surface area contributed by atoms with Crippen molar-refractivity contribution in [2.24, 2.45) is 0 Å². The molecule has 5 heterocycles. The molecule has 2 aromatic carbocycles. The predicted octanol–water partition coefficient (Wildman–Crippen LogP) is 6.19. The Morgan fingerprint density at radius 1 is 0.553 bits per heavy atom. The van der Waals surface area contributed by atoms with E-state index in [2.05, 4.69) is 31.0 Å². The quantitative estimate of drug-likeness (QED) is 0.154. The summed E-state index contributed by atoms with van der Waals surface area (Å²) in [5.74, 6) is 1.07. The Kier molecular flexibility index (Phi) is 24.9. The maximum Gasteiger partial charge on any atom is 0.410 e. The zero-order valence-electron chi connectivity index (χ0n) is 47.2. The molecule has 76 heavy (non-hydrogen) atoms. The zero-order chi connectivity index (χ0) is 56.5. The number of nitrogens with zero attached hydrogens (tertiary/aromatic N) is 7. The highest BCUT2D eigenvalue weighted by atomic mass is 79.9. The molecule has 20 nitrogen and oxygen atoms in total. The Morgan fingerprint density at radius 2 is 0.947 bits per heavy atom. The summed E-state index contributed by atoms with van der Waals surface area (Å²) in [6.07, 6.45) is 5.30. The van der Waals surface area contributed by atoms with E-state index in [1.807, 2.05) is 80.5 Å². The number of piperazine rings is 3. The van der Waals surface area contributed by atoms with Gasteiger partial charge in [0.2, 0.25) is 20.0 Å². The number of halogens is 1. The SMILES string of the molecule is CC(C)(C)OC(=O)N1CCN(CCCBr)CC1.CC(C)(C)OC(=O)N1CCN(CCCOc2ccc3c(c2)CCN(S(C)(=O)=O)C3)CC1.CC(C)(C)OC(=O)N1CCNCC1.CS(=O)(=O)N1CCc2cc(O)ccc2C1. The first-order valence-corrected chi connectivity index (χ1v) is 31.3. The molecule has 0 spiro atoms. The van der Waals surface area contributed by atoms with Crippen LogP contribution < -0.4 is 10.1 Å². The Labute approximate surface area is 462 Å². The van der Waals surface area contributed by atoms with Gasteiger partial charge in [0.1, 0.15) is 28.3 Å². The summed E-state index contributed by atoms with van der Waals surface area (Å²) < 4.78 is 71.1. The van der Waals surface area contributed by atoms with Crippen LogP contribution >= 0.6 is 15.9 Å². The van der Waals surface area contributed by atoms with Crippen LogP contribution in [0, 0.1) is 0 Å². The van der Waals surface area contributed by atoms with E-state index in [1.54, 1.807) is 32.9 Å². The predicted molar refractivity (Wildman–Crippen MR) is 300 cm³/mol. The lowest BCUT2D eigenvalue weighted by Gasteiger charge is -2.35. The van der Waals surface area contributed by atoms with Crippen molar-refractivity contribution in [1.29, 1.82) is 0 Å². The second kappa shape index (κ2) is 29.3. The number of rotatable bonds is 10. The van der Waals surface area contributed by atoms with Crippen molar-refractivity contribution in [2.45, 2.75) is 118 Å². The second-order valence-corrected chi connectivity index (χ2v) is 27.4. The molecule has 5 aliphatic heterocycles. The maximum atomic E-state index is 12.1. The van der Waals surface area contributed by atoms with Crippen molar-refractivity contribution < 1.29 is 55.3 Å². The molecule has 432 valence electrons. The lowest BCUT2D eigenvalue weighted by atomic mass is 10.0. The van der Waals surface area contributed by atoms with Crippen molar-refractivity contribution in [3.05, 3.63) is 58.7 Å². The van der Waals surface area contributed by atoms with Crippen LogP contribution in [0.15, 0.2) is 36.4 Å². The fourth-order valence-corrected chi connectivity index (χ4v) is 10.4. The first-order chi connectivity index (χ1) is 35.4. The van der Waals surface area contributed by atoms with Crippen molar-refractivity contribution in [2.75, 3.05) is 129 Å². The van der Waals surface area contributed by atoms with E-state index in [1.165, 1.54) is 21.1 Å². The number of carbonyl (C=O) groups is 3. The van der Waals surface area contributed by atoms with Crippen LogP contribution in [-0.4, -0.2) is 219 Å². The molecule has 0 bridgehead atoms. The number of phenolic OH excluding ortho intramolecular Hbond substituents is 1. The lowest BCUT2D eigenvalue weighted by Crippen LogP contribution is -2.50. The van der Waals surface area contributed by atoms with Crippen LogP contribution in [0.1, 0.15) is 97.4 Å². The first kappa shape index (κ1) is 64.6. The minimum absolute atomic E-state index is 0.183. The number of hydrogen-bond donors (Lipinski definition) is 2. The number of hydrogen-bond acceptors (Lipinski definition) is 15. The average molecular weight is 1170 g/mol. The average Bonchev–Trinajstić information content (AvgIpc) is 3.33. The zero-order valence-corrected chi connectivity index (χ0v) is 50.4. The molecule has 0 saturated carbocycles. The van der Waals surface area contributed by atoms with E-state index >= 15 is 0 Å². The number of carbonyl (C=O) groups excluding carboxylic acids is 3. The topological polar surface area (TPSA) is 211 Å². The number of alkyl halides is 1. The van der Waals surface area contributed by atoms with Gasteiger partial charge in [-0.25, -0.2) is 31.2 Å².